The molecule has 0 bridgehead atoms. The van der Waals surface area contributed by atoms with Gasteiger partial charge in [-0.2, -0.15) is 0 Å². The third kappa shape index (κ3) is 1.04. The highest BCUT2D eigenvalue weighted by Crippen LogP contribution is 2.24. The summed E-state index contributed by atoms with van der Waals surface area (Å²) in [5.41, 5.74) is 3.64. The topological polar surface area (TPSA) is 29.1 Å². The van der Waals surface area contributed by atoms with Crippen molar-refractivity contribution in [1.82, 2.24) is 5.32 Å². The fourth-order valence-electron chi connectivity index (χ4n) is 1.64. The average Bonchev–Trinajstić information content (AvgIpc) is 2.46. The first-order chi connectivity index (χ1) is 5.81. The molecule has 2 heteroatoms. The van der Waals surface area contributed by atoms with Gasteiger partial charge in [0.2, 0.25) is 0 Å². The molecule has 12 heavy (non-hydrogen) atoms. The largest absolute Gasteiger partial charge is 0.301 e. The van der Waals surface area contributed by atoms with Gasteiger partial charge in [-0.1, -0.05) is 23.8 Å². The van der Waals surface area contributed by atoms with Gasteiger partial charge in [-0.05, 0) is 18.1 Å². The SMILES string of the molecule is Cc1ccc2c(c1)CNC2C=O. The summed E-state index contributed by atoms with van der Waals surface area (Å²) in [5, 5.41) is 3.13. The lowest BCUT2D eigenvalue weighted by Gasteiger charge is -2.02. The van der Waals surface area contributed by atoms with Crippen LogP contribution in [-0.2, 0) is 11.3 Å². The number of aryl methyl sites for hydroxylation is 1. The van der Waals surface area contributed by atoms with Crippen LogP contribution >= 0.6 is 0 Å². The number of rotatable bonds is 1. The van der Waals surface area contributed by atoms with Crippen LogP contribution in [0.3, 0.4) is 0 Å². The Hall–Kier alpha value is -1.15. The molecule has 2 rings (SSSR count). The second kappa shape index (κ2) is 2.72. The summed E-state index contributed by atoms with van der Waals surface area (Å²) in [6, 6.07) is 6.12. The smallest absolute Gasteiger partial charge is 0.141 e. The van der Waals surface area contributed by atoms with Crippen LogP contribution in [0.25, 0.3) is 0 Å². The van der Waals surface area contributed by atoms with Crippen molar-refractivity contribution in [3.05, 3.63) is 34.9 Å². The van der Waals surface area contributed by atoms with Crippen molar-refractivity contribution in [3.8, 4) is 0 Å². The number of aldehydes is 1. The van der Waals surface area contributed by atoms with Crippen LogP contribution in [0.5, 0.6) is 0 Å². The Morgan fingerprint density at radius 2 is 2.42 bits per heavy atom. The third-order valence-electron chi connectivity index (χ3n) is 2.28. The van der Waals surface area contributed by atoms with Crippen molar-refractivity contribution in [2.24, 2.45) is 0 Å². The van der Waals surface area contributed by atoms with Crippen LogP contribution < -0.4 is 5.32 Å². The van der Waals surface area contributed by atoms with Gasteiger partial charge >= 0.3 is 0 Å². The zero-order valence-electron chi connectivity index (χ0n) is 7.00. The molecule has 0 saturated heterocycles. The van der Waals surface area contributed by atoms with E-state index in [0.717, 1.165) is 18.4 Å². The monoisotopic (exact) mass is 161 g/mol. The fourth-order valence-corrected chi connectivity index (χ4v) is 1.64. The van der Waals surface area contributed by atoms with E-state index in [-0.39, 0.29) is 6.04 Å². The number of benzene rings is 1. The molecule has 1 N–H and O–H groups in total. The van der Waals surface area contributed by atoms with Gasteiger partial charge < -0.3 is 4.79 Å². The van der Waals surface area contributed by atoms with Crippen LogP contribution in [0.4, 0.5) is 0 Å². The van der Waals surface area contributed by atoms with Crippen molar-refractivity contribution in [2.75, 3.05) is 0 Å². The van der Waals surface area contributed by atoms with Gasteiger partial charge in [0.1, 0.15) is 6.29 Å². The third-order valence-corrected chi connectivity index (χ3v) is 2.28. The predicted octanol–water partition coefficient (Wildman–Crippen LogP) is 1.34. The minimum Gasteiger partial charge on any atom is -0.301 e. The molecule has 0 aliphatic carbocycles. The van der Waals surface area contributed by atoms with Gasteiger partial charge in [0, 0.05) is 6.54 Å². The van der Waals surface area contributed by atoms with Crippen molar-refractivity contribution in [3.63, 3.8) is 0 Å². The predicted molar refractivity (Wildman–Crippen MR) is 46.8 cm³/mol. The average molecular weight is 161 g/mol. The fraction of sp³-hybridized carbons (Fsp3) is 0.300. The summed E-state index contributed by atoms with van der Waals surface area (Å²) in [6.07, 6.45) is 0.959. The molecule has 2 nitrogen and oxygen atoms in total. The highest BCUT2D eigenvalue weighted by Gasteiger charge is 2.20. The van der Waals surface area contributed by atoms with Gasteiger partial charge in [-0.25, -0.2) is 0 Å². The van der Waals surface area contributed by atoms with E-state index < -0.39 is 0 Å². The standard InChI is InChI=1S/C10H11NO/c1-7-2-3-9-8(4-7)5-11-10(9)6-12/h2-4,6,10-11H,5H2,1H3. The van der Waals surface area contributed by atoms with E-state index in [1.165, 1.54) is 11.1 Å². The Labute approximate surface area is 71.6 Å². The summed E-state index contributed by atoms with van der Waals surface area (Å²) in [5.74, 6) is 0. The molecule has 1 unspecified atom stereocenters. The first-order valence-corrected chi connectivity index (χ1v) is 4.09. The molecule has 62 valence electrons. The van der Waals surface area contributed by atoms with E-state index in [2.05, 4.69) is 18.3 Å². The molecule has 0 aromatic heterocycles. The van der Waals surface area contributed by atoms with Crippen LogP contribution in [0, 0.1) is 6.92 Å². The zero-order chi connectivity index (χ0) is 8.55. The lowest BCUT2D eigenvalue weighted by molar-refractivity contribution is -0.109. The van der Waals surface area contributed by atoms with Crippen molar-refractivity contribution in [1.29, 1.82) is 0 Å². The first-order valence-electron chi connectivity index (χ1n) is 4.09. The lowest BCUT2D eigenvalue weighted by atomic mass is 10.0. The molecular formula is C10H11NO. The maximum Gasteiger partial charge on any atom is 0.141 e. The molecule has 1 heterocycles. The van der Waals surface area contributed by atoms with E-state index in [1.54, 1.807) is 0 Å². The van der Waals surface area contributed by atoms with Crippen LogP contribution in [-0.4, -0.2) is 6.29 Å². The molecule has 1 aromatic rings. The van der Waals surface area contributed by atoms with Gasteiger partial charge in [-0.3, -0.25) is 5.32 Å². The summed E-state index contributed by atoms with van der Waals surface area (Å²) >= 11 is 0. The highest BCUT2D eigenvalue weighted by atomic mass is 16.1. The van der Waals surface area contributed by atoms with E-state index in [9.17, 15) is 4.79 Å². The summed E-state index contributed by atoms with van der Waals surface area (Å²) in [6.45, 7) is 2.88. The number of nitrogens with one attached hydrogen (secondary N) is 1. The number of hydrogen-bond acceptors (Lipinski definition) is 2. The van der Waals surface area contributed by atoms with Crippen molar-refractivity contribution in [2.45, 2.75) is 19.5 Å². The van der Waals surface area contributed by atoms with E-state index in [4.69, 9.17) is 0 Å². The second-order valence-corrected chi connectivity index (χ2v) is 3.20. The van der Waals surface area contributed by atoms with Gasteiger partial charge in [-0.15, -0.1) is 0 Å². The maximum atomic E-state index is 10.6. The van der Waals surface area contributed by atoms with Gasteiger partial charge in [0.05, 0.1) is 6.04 Å². The minimum atomic E-state index is -0.0828. The summed E-state index contributed by atoms with van der Waals surface area (Å²) < 4.78 is 0. The number of hydrogen-bond donors (Lipinski definition) is 1. The van der Waals surface area contributed by atoms with Crippen LogP contribution in [0.15, 0.2) is 18.2 Å². The molecule has 0 fully saturated rings. The van der Waals surface area contributed by atoms with Gasteiger partial charge in [0.15, 0.2) is 0 Å². The minimum absolute atomic E-state index is 0.0828. The molecule has 0 radical (unpaired) electrons. The van der Waals surface area contributed by atoms with Crippen molar-refractivity contribution < 1.29 is 4.79 Å². The lowest BCUT2D eigenvalue weighted by Crippen LogP contribution is -2.12. The van der Waals surface area contributed by atoms with E-state index in [1.807, 2.05) is 12.1 Å². The Morgan fingerprint density at radius 1 is 1.58 bits per heavy atom. The van der Waals surface area contributed by atoms with Crippen molar-refractivity contribution >= 4 is 6.29 Å². The number of carbonyl (C=O) groups is 1. The number of carbonyl (C=O) groups excluding carboxylic acids is 1. The quantitative estimate of drug-likeness (QED) is 0.630. The second-order valence-electron chi connectivity index (χ2n) is 3.20. The maximum absolute atomic E-state index is 10.6. The van der Waals surface area contributed by atoms with E-state index in [0.29, 0.717) is 0 Å². The molecule has 0 amide bonds. The normalized spacial score (nSPS) is 20.6. The summed E-state index contributed by atoms with van der Waals surface area (Å²) in [4.78, 5) is 10.6. The molecule has 1 aromatic carbocycles. The Bertz CT molecular complexity index is 320. The highest BCUT2D eigenvalue weighted by molar-refractivity contribution is 5.64. The molecule has 1 aliphatic heterocycles. The van der Waals surface area contributed by atoms with Crippen LogP contribution in [0.1, 0.15) is 22.7 Å². The molecule has 0 saturated carbocycles. The van der Waals surface area contributed by atoms with Crippen LogP contribution in [0.2, 0.25) is 0 Å². The molecule has 1 atom stereocenters. The Balaban J connectivity index is 2.47. The molecular weight excluding hydrogens is 150 g/mol. The van der Waals surface area contributed by atoms with E-state index >= 15 is 0 Å². The molecule has 1 aliphatic rings. The zero-order valence-corrected chi connectivity index (χ0v) is 7.00. The van der Waals surface area contributed by atoms with Gasteiger partial charge in [0.25, 0.3) is 0 Å². The molecule has 0 spiro atoms. The number of fused-ring (bicyclic) bond motifs is 1. The first kappa shape index (κ1) is 7.50. The Kier molecular flexibility index (Phi) is 1.70. The summed E-state index contributed by atoms with van der Waals surface area (Å²) in [7, 11) is 0. The Morgan fingerprint density at radius 3 is 3.17 bits per heavy atom.